The fourth-order valence-corrected chi connectivity index (χ4v) is 4.60. The van der Waals surface area contributed by atoms with Crippen molar-refractivity contribution in [2.75, 3.05) is 59.5 Å². The Labute approximate surface area is 193 Å². The van der Waals surface area contributed by atoms with Crippen LogP contribution in [-0.2, 0) is 9.53 Å². The van der Waals surface area contributed by atoms with Crippen LogP contribution in [0.3, 0.4) is 0 Å². The summed E-state index contributed by atoms with van der Waals surface area (Å²) in [5.74, 6) is 1.15. The van der Waals surface area contributed by atoms with E-state index in [4.69, 9.17) is 4.74 Å². The van der Waals surface area contributed by atoms with Gasteiger partial charge >= 0.3 is 0 Å². The van der Waals surface area contributed by atoms with Crippen LogP contribution < -0.4 is 5.32 Å². The number of amides is 1. The number of guanidine groups is 1. The number of halogens is 1. The van der Waals surface area contributed by atoms with E-state index in [2.05, 4.69) is 27.0 Å². The van der Waals surface area contributed by atoms with Gasteiger partial charge in [0, 0.05) is 52.4 Å². The predicted octanol–water partition coefficient (Wildman–Crippen LogP) is 2.16. The molecule has 8 heteroatoms. The molecule has 3 fully saturated rings. The number of piperidine rings is 1. The molecule has 3 rings (SSSR count). The van der Waals surface area contributed by atoms with Crippen molar-refractivity contribution in [1.82, 2.24) is 20.0 Å². The monoisotopic (exact) mass is 521 g/mol. The van der Waals surface area contributed by atoms with Crippen molar-refractivity contribution in [2.45, 2.75) is 64.0 Å². The molecule has 0 aromatic heterocycles. The van der Waals surface area contributed by atoms with E-state index in [1.165, 1.54) is 45.2 Å². The molecule has 2 atom stereocenters. The molecule has 1 amide bonds. The highest BCUT2D eigenvalue weighted by atomic mass is 127. The van der Waals surface area contributed by atoms with E-state index in [0.29, 0.717) is 6.04 Å². The van der Waals surface area contributed by atoms with Crippen LogP contribution >= 0.6 is 24.0 Å². The van der Waals surface area contributed by atoms with Gasteiger partial charge in [0.05, 0.1) is 0 Å². The Morgan fingerprint density at radius 3 is 2.48 bits per heavy atom. The van der Waals surface area contributed by atoms with Crippen LogP contribution in [0.4, 0.5) is 0 Å². The van der Waals surface area contributed by atoms with Gasteiger partial charge in [0.25, 0.3) is 5.91 Å². The lowest BCUT2D eigenvalue weighted by molar-refractivity contribution is -0.142. The number of nitrogens with zero attached hydrogens (tertiary/aromatic N) is 4. The summed E-state index contributed by atoms with van der Waals surface area (Å²) in [7, 11) is 1.86. The molecule has 2 unspecified atom stereocenters. The number of unbranched alkanes of at least 4 members (excludes halogenated alkanes) is 1. The second-order valence-corrected chi connectivity index (χ2v) is 8.28. The lowest BCUT2D eigenvalue weighted by Crippen LogP contribution is -2.56. The Morgan fingerprint density at radius 1 is 1.07 bits per heavy atom. The van der Waals surface area contributed by atoms with Crippen molar-refractivity contribution < 1.29 is 9.53 Å². The third-order valence-electron chi connectivity index (χ3n) is 6.35. The second-order valence-electron chi connectivity index (χ2n) is 8.28. The van der Waals surface area contributed by atoms with Crippen LogP contribution in [0.25, 0.3) is 0 Å². The summed E-state index contributed by atoms with van der Waals surface area (Å²) < 4.78 is 5.56. The summed E-state index contributed by atoms with van der Waals surface area (Å²) >= 11 is 0. The third kappa shape index (κ3) is 6.95. The van der Waals surface area contributed by atoms with Gasteiger partial charge in [-0.2, -0.15) is 0 Å². The number of aliphatic imine (C=N–C) groups is 1. The Hall–Kier alpha value is -0.610. The van der Waals surface area contributed by atoms with Crippen molar-refractivity contribution in [3.8, 4) is 0 Å². The summed E-state index contributed by atoms with van der Waals surface area (Å²) in [4.78, 5) is 24.0. The average molecular weight is 521 g/mol. The minimum Gasteiger partial charge on any atom is -0.368 e. The first-order valence-corrected chi connectivity index (χ1v) is 11.3. The fourth-order valence-electron chi connectivity index (χ4n) is 4.60. The van der Waals surface area contributed by atoms with Crippen molar-refractivity contribution in [3.63, 3.8) is 0 Å². The smallest absolute Gasteiger partial charge is 0.251 e. The first-order chi connectivity index (χ1) is 13.7. The van der Waals surface area contributed by atoms with Gasteiger partial charge in [0.15, 0.2) is 5.96 Å². The highest BCUT2D eigenvalue weighted by Crippen LogP contribution is 2.18. The van der Waals surface area contributed by atoms with Crippen LogP contribution in [0.15, 0.2) is 4.99 Å². The van der Waals surface area contributed by atoms with Gasteiger partial charge in [-0.15, -0.1) is 24.0 Å². The molecular formula is C21H40IN5O2. The highest BCUT2D eigenvalue weighted by molar-refractivity contribution is 14.0. The Balaban J connectivity index is 0.00000300. The number of piperazine rings is 1. The van der Waals surface area contributed by atoms with E-state index in [0.717, 1.165) is 58.1 Å². The number of ether oxygens (including phenoxy) is 1. The van der Waals surface area contributed by atoms with Crippen molar-refractivity contribution in [2.24, 2.45) is 4.99 Å². The molecule has 0 aromatic carbocycles. The molecule has 3 saturated heterocycles. The van der Waals surface area contributed by atoms with Gasteiger partial charge in [-0.25, -0.2) is 0 Å². The van der Waals surface area contributed by atoms with Crippen molar-refractivity contribution in [1.29, 1.82) is 0 Å². The van der Waals surface area contributed by atoms with Crippen molar-refractivity contribution >= 4 is 35.8 Å². The molecule has 168 valence electrons. The van der Waals surface area contributed by atoms with Gasteiger partial charge in [0.1, 0.15) is 6.10 Å². The van der Waals surface area contributed by atoms with Gasteiger partial charge in [-0.05, 0) is 45.2 Å². The minimum atomic E-state index is -0.204. The Kier molecular flexibility index (Phi) is 11.0. The van der Waals surface area contributed by atoms with Crippen LogP contribution in [-0.4, -0.2) is 98.2 Å². The number of carbonyl (C=O) groups is 1. The van der Waals surface area contributed by atoms with Crippen LogP contribution in [0.1, 0.15) is 51.9 Å². The molecule has 3 aliphatic rings. The van der Waals surface area contributed by atoms with E-state index in [1.54, 1.807) is 0 Å². The topological polar surface area (TPSA) is 60.4 Å². The maximum Gasteiger partial charge on any atom is 0.251 e. The van der Waals surface area contributed by atoms with Crippen LogP contribution in [0.5, 0.6) is 0 Å². The van der Waals surface area contributed by atoms with E-state index in [9.17, 15) is 4.79 Å². The number of hydrogen-bond acceptors (Lipinski definition) is 4. The van der Waals surface area contributed by atoms with E-state index in [1.807, 2.05) is 11.9 Å². The lowest BCUT2D eigenvalue weighted by Gasteiger charge is -2.39. The lowest BCUT2D eigenvalue weighted by atomic mass is 10.0. The number of nitrogens with one attached hydrogen (secondary N) is 1. The van der Waals surface area contributed by atoms with Gasteiger partial charge in [-0.1, -0.05) is 19.8 Å². The Bertz CT molecular complexity index is 519. The zero-order valence-corrected chi connectivity index (χ0v) is 20.6. The summed E-state index contributed by atoms with van der Waals surface area (Å²) in [6.45, 7) is 9.58. The molecule has 1 N–H and O–H groups in total. The highest BCUT2D eigenvalue weighted by Gasteiger charge is 2.31. The molecule has 0 bridgehead atoms. The molecule has 3 aliphatic heterocycles. The first-order valence-electron chi connectivity index (χ1n) is 11.3. The molecule has 0 spiro atoms. The maximum absolute atomic E-state index is 12.5. The summed E-state index contributed by atoms with van der Waals surface area (Å²) in [6.07, 6.45) is 8.15. The number of carbonyl (C=O) groups excluding carboxylic acids is 1. The average Bonchev–Trinajstić information content (AvgIpc) is 3.28. The molecular weight excluding hydrogens is 481 g/mol. The Morgan fingerprint density at radius 2 is 1.83 bits per heavy atom. The number of hydrogen-bond donors (Lipinski definition) is 1. The van der Waals surface area contributed by atoms with Crippen LogP contribution in [0.2, 0.25) is 0 Å². The fraction of sp³-hybridized carbons (Fsp3) is 0.905. The largest absolute Gasteiger partial charge is 0.368 e. The SMILES string of the molecule is CCCCN1CCCCC1CNC(=NC)N1CCN(C(=O)C2CCCO2)CC1.I. The van der Waals surface area contributed by atoms with E-state index < -0.39 is 0 Å². The molecule has 7 nitrogen and oxygen atoms in total. The van der Waals surface area contributed by atoms with Gasteiger partial charge < -0.3 is 19.9 Å². The predicted molar refractivity (Wildman–Crippen MR) is 128 cm³/mol. The zero-order chi connectivity index (χ0) is 19.8. The summed E-state index contributed by atoms with van der Waals surface area (Å²) in [5.41, 5.74) is 0. The van der Waals surface area contributed by atoms with Crippen LogP contribution in [0, 0.1) is 0 Å². The summed E-state index contributed by atoms with van der Waals surface area (Å²) in [6, 6.07) is 0.611. The number of rotatable bonds is 6. The standard InChI is InChI=1S/C21H39N5O2.HI/c1-3-4-10-24-11-6-5-8-18(24)17-23-21(22-2)26-14-12-25(13-15-26)20(27)19-9-7-16-28-19;/h18-19H,3-17H2,1-2H3,(H,22,23);1H. The third-order valence-corrected chi connectivity index (χ3v) is 6.35. The maximum atomic E-state index is 12.5. The van der Waals surface area contributed by atoms with Gasteiger partial charge in [0.2, 0.25) is 0 Å². The second kappa shape index (κ2) is 12.9. The van der Waals surface area contributed by atoms with Crippen molar-refractivity contribution in [3.05, 3.63) is 0 Å². The molecule has 0 radical (unpaired) electrons. The van der Waals surface area contributed by atoms with Gasteiger partial charge in [-0.3, -0.25) is 14.7 Å². The minimum absolute atomic E-state index is 0. The first kappa shape index (κ1) is 24.7. The molecule has 0 aliphatic carbocycles. The molecule has 0 aromatic rings. The van der Waals surface area contributed by atoms with E-state index in [-0.39, 0.29) is 36.0 Å². The quantitative estimate of drug-likeness (QED) is 0.330. The molecule has 29 heavy (non-hydrogen) atoms. The molecule has 0 saturated carbocycles. The van der Waals surface area contributed by atoms with E-state index >= 15 is 0 Å². The summed E-state index contributed by atoms with van der Waals surface area (Å²) in [5, 5.41) is 3.62. The molecule has 3 heterocycles. The normalized spacial score (nSPS) is 26.3. The zero-order valence-electron chi connectivity index (χ0n) is 18.3. The number of likely N-dealkylation sites (tertiary alicyclic amines) is 1.